The average Bonchev–Trinajstić information content (AvgIpc) is 2.30. The van der Waals surface area contributed by atoms with Gasteiger partial charge in [-0.15, -0.1) is 0 Å². The van der Waals surface area contributed by atoms with E-state index in [9.17, 15) is 9.18 Å². The summed E-state index contributed by atoms with van der Waals surface area (Å²) in [5.41, 5.74) is 0.374. The van der Waals surface area contributed by atoms with E-state index in [1.807, 2.05) is 13.8 Å². The highest BCUT2D eigenvalue weighted by molar-refractivity contribution is 5.76. The molecule has 0 radical (unpaired) electrons. The first kappa shape index (κ1) is 14.4. The van der Waals surface area contributed by atoms with Crippen LogP contribution in [-0.2, 0) is 11.4 Å². The van der Waals surface area contributed by atoms with Crippen LogP contribution in [0.25, 0.3) is 0 Å². The van der Waals surface area contributed by atoms with Gasteiger partial charge in [0.2, 0.25) is 5.91 Å². The Hall–Kier alpha value is -1.62. The minimum absolute atomic E-state index is 0.0114. The highest BCUT2D eigenvalue weighted by Gasteiger charge is 2.10. The zero-order valence-corrected chi connectivity index (χ0v) is 10.6. The molecule has 1 rings (SSSR count). The van der Waals surface area contributed by atoms with Crippen LogP contribution >= 0.6 is 0 Å². The molecule has 1 aromatic carbocycles. The smallest absolute Gasteiger partial charge is 0.223 e. The normalized spacial score (nSPS) is 10.5. The summed E-state index contributed by atoms with van der Waals surface area (Å²) in [4.78, 5) is 11.3. The standard InChI is InChI=1S/C13H18FNO3/c1-9(2)15-12(17)6-7-18-13-10(8-16)4-3-5-11(13)14/h3-5,9,16H,6-8H2,1-2H3,(H,15,17). The molecule has 0 fully saturated rings. The third-order valence-corrected chi connectivity index (χ3v) is 2.24. The third-order valence-electron chi connectivity index (χ3n) is 2.24. The Morgan fingerprint density at radius 1 is 1.50 bits per heavy atom. The Labute approximate surface area is 106 Å². The number of nitrogens with one attached hydrogen (secondary N) is 1. The van der Waals surface area contributed by atoms with Gasteiger partial charge < -0.3 is 15.2 Å². The van der Waals surface area contributed by atoms with Crippen molar-refractivity contribution in [1.29, 1.82) is 0 Å². The van der Waals surface area contributed by atoms with Gasteiger partial charge in [0.05, 0.1) is 19.6 Å². The summed E-state index contributed by atoms with van der Waals surface area (Å²) < 4.78 is 18.7. The lowest BCUT2D eigenvalue weighted by atomic mass is 10.2. The van der Waals surface area contributed by atoms with Crippen molar-refractivity contribution in [3.8, 4) is 5.75 Å². The lowest BCUT2D eigenvalue weighted by molar-refractivity contribution is -0.122. The van der Waals surface area contributed by atoms with Crippen LogP contribution in [0.1, 0.15) is 25.8 Å². The summed E-state index contributed by atoms with van der Waals surface area (Å²) in [6.45, 7) is 3.50. The zero-order chi connectivity index (χ0) is 13.5. The van der Waals surface area contributed by atoms with Gasteiger partial charge in [-0.25, -0.2) is 4.39 Å². The number of ether oxygens (including phenoxy) is 1. The second-order valence-electron chi connectivity index (χ2n) is 4.21. The minimum atomic E-state index is -0.536. The van der Waals surface area contributed by atoms with E-state index < -0.39 is 5.82 Å². The SMILES string of the molecule is CC(C)NC(=O)CCOc1c(F)cccc1CO. The fraction of sp³-hybridized carbons (Fsp3) is 0.462. The van der Waals surface area contributed by atoms with Gasteiger partial charge in [0.1, 0.15) is 0 Å². The van der Waals surface area contributed by atoms with Crippen molar-refractivity contribution in [1.82, 2.24) is 5.32 Å². The fourth-order valence-electron chi connectivity index (χ4n) is 1.48. The van der Waals surface area contributed by atoms with Gasteiger partial charge in [0.25, 0.3) is 0 Å². The summed E-state index contributed by atoms with van der Waals surface area (Å²) >= 11 is 0. The molecule has 1 aromatic rings. The molecule has 2 N–H and O–H groups in total. The number of rotatable bonds is 6. The predicted octanol–water partition coefficient (Wildman–Crippen LogP) is 1.61. The van der Waals surface area contributed by atoms with Gasteiger partial charge >= 0.3 is 0 Å². The van der Waals surface area contributed by atoms with Gasteiger partial charge in [-0.05, 0) is 19.9 Å². The van der Waals surface area contributed by atoms with Crippen LogP contribution in [-0.4, -0.2) is 23.7 Å². The van der Waals surface area contributed by atoms with Crippen LogP contribution in [0.4, 0.5) is 4.39 Å². The van der Waals surface area contributed by atoms with Gasteiger partial charge in [-0.1, -0.05) is 12.1 Å². The summed E-state index contributed by atoms with van der Waals surface area (Å²) in [5, 5.41) is 11.8. The van der Waals surface area contributed by atoms with E-state index in [1.165, 1.54) is 12.1 Å². The maximum atomic E-state index is 13.4. The van der Waals surface area contributed by atoms with Crippen molar-refractivity contribution < 1.29 is 19.0 Å². The number of halogens is 1. The van der Waals surface area contributed by atoms with Crippen molar-refractivity contribution in [3.05, 3.63) is 29.6 Å². The first-order valence-electron chi connectivity index (χ1n) is 5.85. The number of carbonyl (C=O) groups is 1. The molecule has 0 aliphatic carbocycles. The molecule has 0 aliphatic heterocycles. The average molecular weight is 255 g/mol. The largest absolute Gasteiger partial charge is 0.490 e. The molecule has 100 valence electrons. The van der Waals surface area contributed by atoms with Crippen molar-refractivity contribution in [2.24, 2.45) is 0 Å². The number of para-hydroxylation sites is 1. The van der Waals surface area contributed by atoms with E-state index in [0.29, 0.717) is 5.56 Å². The van der Waals surface area contributed by atoms with Crippen LogP contribution < -0.4 is 10.1 Å². The van der Waals surface area contributed by atoms with Crippen molar-refractivity contribution in [2.75, 3.05) is 6.61 Å². The van der Waals surface area contributed by atoms with Crippen LogP contribution in [0.5, 0.6) is 5.75 Å². The zero-order valence-electron chi connectivity index (χ0n) is 10.6. The van der Waals surface area contributed by atoms with Crippen molar-refractivity contribution in [2.45, 2.75) is 32.9 Å². The minimum Gasteiger partial charge on any atom is -0.490 e. The Bertz CT molecular complexity index is 407. The topological polar surface area (TPSA) is 58.6 Å². The first-order valence-corrected chi connectivity index (χ1v) is 5.85. The first-order chi connectivity index (χ1) is 8.54. The van der Waals surface area contributed by atoms with E-state index in [0.717, 1.165) is 0 Å². The molecule has 0 atom stereocenters. The second kappa shape index (κ2) is 6.96. The molecule has 0 aliphatic rings. The number of aliphatic hydroxyl groups excluding tert-OH is 1. The molecule has 0 bridgehead atoms. The highest BCUT2D eigenvalue weighted by atomic mass is 19.1. The summed E-state index contributed by atoms with van der Waals surface area (Å²) in [7, 11) is 0. The number of hydrogen-bond acceptors (Lipinski definition) is 3. The summed E-state index contributed by atoms with van der Waals surface area (Å²) in [6.07, 6.45) is 0.150. The van der Waals surface area contributed by atoms with Crippen LogP contribution in [0.2, 0.25) is 0 Å². The van der Waals surface area contributed by atoms with Crippen LogP contribution in [0.15, 0.2) is 18.2 Å². The molecular weight excluding hydrogens is 237 g/mol. The number of carbonyl (C=O) groups excluding carboxylic acids is 1. The highest BCUT2D eigenvalue weighted by Crippen LogP contribution is 2.22. The van der Waals surface area contributed by atoms with Gasteiger partial charge in [-0.3, -0.25) is 4.79 Å². The maximum absolute atomic E-state index is 13.4. The van der Waals surface area contributed by atoms with E-state index >= 15 is 0 Å². The number of amides is 1. The van der Waals surface area contributed by atoms with Crippen molar-refractivity contribution >= 4 is 5.91 Å². The molecule has 4 nitrogen and oxygen atoms in total. The molecule has 18 heavy (non-hydrogen) atoms. The Morgan fingerprint density at radius 3 is 2.83 bits per heavy atom. The van der Waals surface area contributed by atoms with E-state index in [1.54, 1.807) is 6.07 Å². The number of aliphatic hydroxyl groups is 1. The van der Waals surface area contributed by atoms with E-state index in [4.69, 9.17) is 9.84 Å². The maximum Gasteiger partial charge on any atom is 0.223 e. The Kier molecular flexibility index (Phi) is 5.58. The Morgan fingerprint density at radius 2 is 2.22 bits per heavy atom. The fourth-order valence-corrected chi connectivity index (χ4v) is 1.48. The van der Waals surface area contributed by atoms with E-state index in [-0.39, 0.29) is 37.3 Å². The van der Waals surface area contributed by atoms with Crippen LogP contribution in [0.3, 0.4) is 0 Å². The Balaban J connectivity index is 2.51. The molecule has 0 saturated heterocycles. The lowest BCUT2D eigenvalue weighted by Gasteiger charge is -2.12. The van der Waals surface area contributed by atoms with Gasteiger partial charge in [-0.2, -0.15) is 0 Å². The quantitative estimate of drug-likeness (QED) is 0.812. The number of benzene rings is 1. The van der Waals surface area contributed by atoms with Gasteiger partial charge in [0, 0.05) is 11.6 Å². The molecule has 0 heterocycles. The van der Waals surface area contributed by atoms with Gasteiger partial charge in [0.15, 0.2) is 11.6 Å². The molecule has 0 saturated carbocycles. The monoisotopic (exact) mass is 255 g/mol. The molecule has 0 unspecified atom stereocenters. The molecule has 5 heteroatoms. The molecule has 0 aromatic heterocycles. The third kappa shape index (κ3) is 4.33. The molecule has 0 spiro atoms. The summed E-state index contributed by atoms with van der Waals surface area (Å²) in [5.74, 6) is -0.671. The summed E-state index contributed by atoms with van der Waals surface area (Å²) in [6, 6.07) is 4.40. The lowest BCUT2D eigenvalue weighted by Crippen LogP contribution is -2.31. The molecule has 1 amide bonds. The predicted molar refractivity (Wildman–Crippen MR) is 65.7 cm³/mol. The van der Waals surface area contributed by atoms with E-state index in [2.05, 4.69) is 5.32 Å². The molecular formula is C13H18FNO3. The second-order valence-corrected chi connectivity index (χ2v) is 4.21. The van der Waals surface area contributed by atoms with Crippen molar-refractivity contribution in [3.63, 3.8) is 0 Å². The number of hydrogen-bond donors (Lipinski definition) is 2. The van der Waals surface area contributed by atoms with Crippen LogP contribution in [0, 0.1) is 5.82 Å².